The Bertz CT molecular complexity index is 847. The van der Waals surface area contributed by atoms with E-state index in [1.165, 1.54) is 25.7 Å². The van der Waals surface area contributed by atoms with Gasteiger partial charge in [-0.2, -0.15) is 5.10 Å². The first-order valence-corrected chi connectivity index (χ1v) is 11.8. The molecule has 1 heterocycles. The lowest BCUT2D eigenvalue weighted by molar-refractivity contribution is 0.466. The highest BCUT2D eigenvalue weighted by atomic mass is 32.2. The lowest BCUT2D eigenvalue weighted by atomic mass is 10.1. The Morgan fingerprint density at radius 2 is 1.52 bits per heavy atom. The van der Waals surface area contributed by atoms with Crippen molar-refractivity contribution in [2.24, 2.45) is 0 Å². The average molecular weight is 388 g/mol. The lowest BCUT2D eigenvalue weighted by Crippen LogP contribution is -2.34. The van der Waals surface area contributed by atoms with E-state index in [1.807, 2.05) is 35.0 Å². The quantitative estimate of drug-likeness (QED) is 0.759. The summed E-state index contributed by atoms with van der Waals surface area (Å²) in [6, 6.07) is 10.0. The first-order chi connectivity index (χ1) is 13.1. The Balaban J connectivity index is 1.68. The van der Waals surface area contributed by atoms with Crippen molar-refractivity contribution in [2.75, 3.05) is 0 Å². The van der Waals surface area contributed by atoms with Crippen LogP contribution in [0, 0.1) is 0 Å². The second-order valence-electron chi connectivity index (χ2n) is 7.94. The van der Waals surface area contributed by atoms with E-state index in [2.05, 4.69) is 4.72 Å². The average Bonchev–Trinajstić information content (AvgIpc) is 3.29. The lowest BCUT2D eigenvalue weighted by Gasteiger charge is -2.16. The van der Waals surface area contributed by atoms with Crippen molar-refractivity contribution in [3.8, 4) is 11.3 Å². The molecule has 2 saturated carbocycles. The fourth-order valence-electron chi connectivity index (χ4n) is 4.40. The summed E-state index contributed by atoms with van der Waals surface area (Å²) in [6.07, 6.45) is 12.7. The summed E-state index contributed by atoms with van der Waals surface area (Å²) in [4.78, 5) is 0.324. The molecule has 0 radical (unpaired) electrons. The zero-order chi connectivity index (χ0) is 18.7. The highest BCUT2D eigenvalue weighted by molar-refractivity contribution is 7.89. The Labute approximate surface area is 162 Å². The van der Waals surface area contributed by atoms with Gasteiger partial charge in [-0.1, -0.05) is 68.9 Å². The maximum absolute atomic E-state index is 13.3. The third kappa shape index (κ3) is 4.27. The topological polar surface area (TPSA) is 64.0 Å². The molecule has 0 amide bonds. The fourth-order valence-corrected chi connectivity index (χ4v) is 5.87. The van der Waals surface area contributed by atoms with Crippen molar-refractivity contribution in [3.05, 3.63) is 36.5 Å². The molecule has 0 saturated heterocycles. The second kappa shape index (κ2) is 8.15. The standard InChI is InChI=1S/C21H29N3O2S/c25-27(26,23-18-12-6-1-2-7-13-18)20-16-24(19-14-8-9-15-19)22-21(20)17-10-4-3-5-11-17/h3-5,10-11,16,18-19,23H,1-2,6-9,12-15H2. The maximum atomic E-state index is 13.3. The minimum atomic E-state index is -3.60. The second-order valence-corrected chi connectivity index (χ2v) is 9.62. The molecule has 0 unspecified atom stereocenters. The molecule has 1 aromatic carbocycles. The summed E-state index contributed by atoms with van der Waals surface area (Å²) >= 11 is 0. The van der Waals surface area contributed by atoms with Gasteiger partial charge in [0.05, 0.1) is 6.04 Å². The predicted octanol–water partition coefficient (Wildman–Crippen LogP) is 4.67. The SMILES string of the molecule is O=S(=O)(NC1CCCCCC1)c1cn(C2CCCC2)nc1-c1ccccc1. The molecule has 1 aromatic heterocycles. The number of hydrogen-bond donors (Lipinski definition) is 1. The number of nitrogens with one attached hydrogen (secondary N) is 1. The first kappa shape index (κ1) is 18.7. The first-order valence-electron chi connectivity index (χ1n) is 10.3. The van der Waals surface area contributed by atoms with Crippen molar-refractivity contribution in [2.45, 2.75) is 81.2 Å². The van der Waals surface area contributed by atoms with Gasteiger partial charge in [0.1, 0.15) is 10.6 Å². The number of aromatic nitrogens is 2. The van der Waals surface area contributed by atoms with Crippen LogP contribution in [0.2, 0.25) is 0 Å². The smallest absolute Gasteiger partial charge is 0.244 e. The Kier molecular flexibility index (Phi) is 5.64. The monoisotopic (exact) mass is 387 g/mol. The van der Waals surface area contributed by atoms with Gasteiger partial charge in [0, 0.05) is 17.8 Å². The predicted molar refractivity (Wildman–Crippen MR) is 107 cm³/mol. The molecular formula is C21H29N3O2S. The number of sulfonamides is 1. The Morgan fingerprint density at radius 3 is 2.19 bits per heavy atom. The van der Waals surface area contributed by atoms with E-state index in [0.717, 1.165) is 44.1 Å². The van der Waals surface area contributed by atoms with Gasteiger partial charge in [0.15, 0.2) is 0 Å². The van der Waals surface area contributed by atoms with Crippen molar-refractivity contribution in [1.82, 2.24) is 14.5 Å². The van der Waals surface area contributed by atoms with Gasteiger partial charge in [-0.3, -0.25) is 4.68 Å². The number of hydrogen-bond acceptors (Lipinski definition) is 3. The van der Waals surface area contributed by atoms with Gasteiger partial charge in [0.25, 0.3) is 0 Å². The van der Waals surface area contributed by atoms with Crippen LogP contribution in [-0.2, 0) is 10.0 Å². The van der Waals surface area contributed by atoms with E-state index in [4.69, 9.17) is 5.10 Å². The number of nitrogens with zero attached hydrogens (tertiary/aromatic N) is 2. The van der Waals surface area contributed by atoms with Crippen LogP contribution in [0.3, 0.4) is 0 Å². The third-order valence-electron chi connectivity index (χ3n) is 5.91. The van der Waals surface area contributed by atoms with Gasteiger partial charge >= 0.3 is 0 Å². The molecule has 5 nitrogen and oxygen atoms in total. The molecule has 2 aliphatic rings. The summed E-state index contributed by atoms with van der Waals surface area (Å²) < 4.78 is 31.4. The van der Waals surface area contributed by atoms with Crippen LogP contribution in [0.4, 0.5) is 0 Å². The van der Waals surface area contributed by atoms with Crippen LogP contribution >= 0.6 is 0 Å². The van der Waals surface area contributed by atoms with Crippen LogP contribution < -0.4 is 4.72 Å². The van der Waals surface area contributed by atoms with Crippen molar-refractivity contribution in [1.29, 1.82) is 0 Å². The summed E-state index contributed by atoms with van der Waals surface area (Å²) in [5.74, 6) is 0. The van der Waals surface area contributed by atoms with E-state index in [1.54, 1.807) is 6.20 Å². The van der Waals surface area contributed by atoms with Gasteiger partial charge < -0.3 is 0 Å². The molecule has 2 aromatic rings. The molecule has 27 heavy (non-hydrogen) atoms. The molecule has 0 atom stereocenters. The van der Waals surface area contributed by atoms with Crippen molar-refractivity contribution < 1.29 is 8.42 Å². The molecule has 146 valence electrons. The number of rotatable bonds is 5. The van der Waals surface area contributed by atoms with Gasteiger partial charge in [-0.25, -0.2) is 13.1 Å². The molecule has 1 N–H and O–H groups in total. The molecule has 2 aliphatic carbocycles. The van der Waals surface area contributed by atoms with Crippen LogP contribution in [0.5, 0.6) is 0 Å². The summed E-state index contributed by atoms with van der Waals surface area (Å²) in [5, 5.41) is 4.74. The highest BCUT2D eigenvalue weighted by Crippen LogP contribution is 2.33. The summed E-state index contributed by atoms with van der Waals surface area (Å²) in [5.41, 5.74) is 1.43. The van der Waals surface area contributed by atoms with E-state index in [0.29, 0.717) is 16.6 Å². The fraction of sp³-hybridized carbons (Fsp3) is 0.571. The van der Waals surface area contributed by atoms with Crippen LogP contribution in [0.1, 0.15) is 70.3 Å². The third-order valence-corrected chi connectivity index (χ3v) is 7.43. The summed E-state index contributed by atoms with van der Waals surface area (Å²) in [7, 11) is -3.60. The highest BCUT2D eigenvalue weighted by Gasteiger charge is 2.29. The van der Waals surface area contributed by atoms with E-state index >= 15 is 0 Å². The van der Waals surface area contributed by atoms with E-state index in [9.17, 15) is 8.42 Å². The van der Waals surface area contributed by atoms with Crippen molar-refractivity contribution >= 4 is 10.0 Å². The van der Waals surface area contributed by atoms with Gasteiger partial charge in [-0.05, 0) is 25.7 Å². The Hall–Kier alpha value is -1.66. The number of benzene rings is 1. The molecule has 2 fully saturated rings. The zero-order valence-corrected chi connectivity index (χ0v) is 16.6. The minimum Gasteiger partial charge on any atom is -0.268 e. The van der Waals surface area contributed by atoms with E-state index < -0.39 is 10.0 Å². The van der Waals surface area contributed by atoms with E-state index in [-0.39, 0.29) is 6.04 Å². The van der Waals surface area contributed by atoms with Crippen LogP contribution in [0.15, 0.2) is 41.4 Å². The maximum Gasteiger partial charge on any atom is 0.244 e. The molecular weight excluding hydrogens is 358 g/mol. The van der Waals surface area contributed by atoms with Gasteiger partial charge in [0.2, 0.25) is 10.0 Å². The molecule has 4 rings (SSSR count). The molecule has 0 bridgehead atoms. The van der Waals surface area contributed by atoms with Crippen molar-refractivity contribution in [3.63, 3.8) is 0 Å². The molecule has 6 heteroatoms. The van der Waals surface area contributed by atoms with Crippen LogP contribution in [-0.4, -0.2) is 24.2 Å². The summed E-state index contributed by atoms with van der Waals surface area (Å²) in [6.45, 7) is 0. The normalized spacial score (nSPS) is 20.0. The van der Waals surface area contributed by atoms with Gasteiger partial charge in [-0.15, -0.1) is 0 Å². The minimum absolute atomic E-state index is 0.0379. The zero-order valence-electron chi connectivity index (χ0n) is 15.8. The largest absolute Gasteiger partial charge is 0.268 e. The van der Waals surface area contributed by atoms with Crippen LogP contribution in [0.25, 0.3) is 11.3 Å². The Morgan fingerprint density at radius 1 is 0.889 bits per heavy atom. The molecule has 0 aliphatic heterocycles. The molecule has 0 spiro atoms.